The predicted molar refractivity (Wildman–Crippen MR) is 69.0 cm³/mol. The number of Topliss-reactive ketones (excluding diaryl/α,β-unsaturated/α-hetero) is 1. The SMILES string of the molecule is CC(=O)C/C(C)=N\NC(=O)c1ccc([N+](=O)[O-])cc1. The first kappa shape index (κ1) is 14.5. The predicted octanol–water partition coefficient (Wildman–Crippen LogP) is 1.68. The number of carbonyl (C=O) groups is 2. The van der Waals surface area contributed by atoms with E-state index < -0.39 is 10.8 Å². The number of nitrogens with zero attached hydrogens (tertiary/aromatic N) is 2. The lowest BCUT2D eigenvalue weighted by Crippen LogP contribution is -2.19. The molecule has 0 aliphatic rings. The van der Waals surface area contributed by atoms with Crippen LogP contribution in [0, 0.1) is 10.1 Å². The Morgan fingerprint density at radius 2 is 1.84 bits per heavy atom. The number of hydrogen-bond acceptors (Lipinski definition) is 5. The van der Waals surface area contributed by atoms with Gasteiger partial charge in [-0.05, 0) is 26.0 Å². The Morgan fingerprint density at radius 1 is 1.26 bits per heavy atom. The van der Waals surface area contributed by atoms with Crippen LogP contribution in [0.15, 0.2) is 29.4 Å². The van der Waals surface area contributed by atoms with Crippen LogP contribution in [-0.4, -0.2) is 22.3 Å². The number of nitrogens with one attached hydrogen (secondary N) is 1. The highest BCUT2D eigenvalue weighted by Crippen LogP contribution is 2.11. The summed E-state index contributed by atoms with van der Waals surface area (Å²) in [5, 5.41) is 14.2. The molecule has 0 fully saturated rings. The summed E-state index contributed by atoms with van der Waals surface area (Å²) in [7, 11) is 0. The molecule has 1 rings (SSSR count). The van der Waals surface area contributed by atoms with Gasteiger partial charge in [0.15, 0.2) is 0 Å². The maximum atomic E-state index is 11.6. The van der Waals surface area contributed by atoms with Crippen molar-refractivity contribution in [2.75, 3.05) is 0 Å². The van der Waals surface area contributed by atoms with E-state index in [1.54, 1.807) is 6.92 Å². The van der Waals surface area contributed by atoms with Crippen molar-refractivity contribution in [3.05, 3.63) is 39.9 Å². The summed E-state index contributed by atoms with van der Waals surface area (Å²) in [5.74, 6) is -0.538. The highest BCUT2D eigenvalue weighted by Gasteiger charge is 2.08. The van der Waals surface area contributed by atoms with Gasteiger partial charge in [0, 0.05) is 29.8 Å². The standard InChI is InChI=1S/C12H13N3O4/c1-8(7-9(2)16)13-14-12(17)10-3-5-11(6-4-10)15(18)19/h3-6H,7H2,1-2H3,(H,14,17)/b13-8-. The van der Waals surface area contributed by atoms with Crippen LogP contribution in [0.1, 0.15) is 30.6 Å². The molecule has 0 saturated carbocycles. The molecular formula is C12H13N3O4. The molecule has 0 bridgehead atoms. The fourth-order valence-electron chi connectivity index (χ4n) is 1.35. The molecule has 19 heavy (non-hydrogen) atoms. The molecule has 1 aromatic carbocycles. The van der Waals surface area contributed by atoms with Crippen LogP contribution in [0.3, 0.4) is 0 Å². The normalized spacial score (nSPS) is 10.9. The van der Waals surface area contributed by atoms with Crippen molar-refractivity contribution in [1.82, 2.24) is 5.43 Å². The second-order valence-electron chi connectivity index (χ2n) is 3.97. The molecule has 0 spiro atoms. The lowest BCUT2D eigenvalue weighted by atomic mass is 10.2. The number of nitro benzene ring substituents is 1. The van der Waals surface area contributed by atoms with E-state index in [9.17, 15) is 19.7 Å². The molecule has 0 aromatic heterocycles. The molecule has 0 radical (unpaired) electrons. The highest BCUT2D eigenvalue weighted by molar-refractivity contribution is 6.01. The lowest BCUT2D eigenvalue weighted by molar-refractivity contribution is -0.384. The third-order valence-corrected chi connectivity index (χ3v) is 2.19. The number of benzene rings is 1. The Bertz CT molecular complexity index is 534. The number of hydrogen-bond donors (Lipinski definition) is 1. The molecule has 0 heterocycles. The Balaban J connectivity index is 2.68. The molecule has 100 valence electrons. The van der Waals surface area contributed by atoms with Crippen molar-refractivity contribution in [1.29, 1.82) is 0 Å². The molecule has 0 aliphatic carbocycles. The second kappa shape index (κ2) is 6.39. The Kier molecular flexibility index (Phi) is 4.87. The van der Waals surface area contributed by atoms with E-state index >= 15 is 0 Å². The number of amides is 1. The zero-order chi connectivity index (χ0) is 14.4. The van der Waals surface area contributed by atoms with Crippen LogP contribution < -0.4 is 5.43 Å². The van der Waals surface area contributed by atoms with Crippen LogP contribution in [-0.2, 0) is 4.79 Å². The molecule has 0 atom stereocenters. The molecule has 0 saturated heterocycles. The van der Waals surface area contributed by atoms with Gasteiger partial charge >= 0.3 is 0 Å². The van der Waals surface area contributed by atoms with Gasteiger partial charge in [-0.3, -0.25) is 19.7 Å². The minimum atomic E-state index is -0.545. The number of non-ortho nitro benzene ring substituents is 1. The third-order valence-electron chi connectivity index (χ3n) is 2.19. The fourth-order valence-corrected chi connectivity index (χ4v) is 1.35. The molecule has 1 aromatic rings. The van der Waals surface area contributed by atoms with Gasteiger partial charge in [-0.1, -0.05) is 0 Å². The number of ketones is 1. The van der Waals surface area contributed by atoms with Crippen molar-refractivity contribution in [2.45, 2.75) is 20.3 Å². The maximum absolute atomic E-state index is 11.6. The zero-order valence-electron chi connectivity index (χ0n) is 10.5. The van der Waals surface area contributed by atoms with E-state index in [-0.39, 0.29) is 23.5 Å². The van der Waals surface area contributed by atoms with Crippen LogP contribution in [0.25, 0.3) is 0 Å². The first-order chi connectivity index (χ1) is 8.90. The van der Waals surface area contributed by atoms with E-state index in [4.69, 9.17) is 0 Å². The molecule has 0 unspecified atom stereocenters. The van der Waals surface area contributed by atoms with Crippen molar-refractivity contribution >= 4 is 23.1 Å². The number of rotatable bonds is 5. The Morgan fingerprint density at radius 3 is 2.32 bits per heavy atom. The smallest absolute Gasteiger partial charge is 0.271 e. The van der Waals surface area contributed by atoms with Gasteiger partial charge in [0.2, 0.25) is 0 Å². The van der Waals surface area contributed by atoms with E-state index in [2.05, 4.69) is 10.5 Å². The minimum Gasteiger partial charge on any atom is -0.300 e. The molecule has 7 heteroatoms. The number of nitro groups is 1. The van der Waals surface area contributed by atoms with Crippen LogP contribution >= 0.6 is 0 Å². The van der Waals surface area contributed by atoms with Crippen molar-refractivity contribution in [2.24, 2.45) is 5.10 Å². The monoisotopic (exact) mass is 263 g/mol. The van der Waals surface area contributed by atoms with Gasteiger partial charge in [0.25, 0.3) is 11.6 Å². The third kappa shape index (κ3) is 4.66. The average Bonchev–Trinajstić information content (AvgIpc) is 2.35. The van der Waals surface area contributed by atoms with Gasteiger partial charge in [0.1, 0.15) is 5.78 Å². The molecule has 1 amide bonds. The largest absolute Gasteiger partial charge is 0.300 e. The summed E-state index contributed by atoms with van der Waals surface area (Å²) in [6.07, 6.45) is 0.167. The van der Waals surface area contributed by atoms with Gasteiger partial charge < -0.3 is 0 Å². The molecule has 7 nitrogen and oxygen atoms in total. The van der Waals surface area contributed by atoms with Crippen LogP contribution in [0.4, 0.5) is 5.69 Å². The first-order valence-corrected chi connectivity index (χ1v) is 5.47. The zero-order valence-corrected chi connectivity index (χ0v) is 10.5. The van der Waals surface area contributed by atoms with Crippen molar-refractivity contribution in [3.63, 3.8) is 0 Å². The fraction of sp³-hybridized carbons (Fsp3) is 0.250. The van der Waals surface area contributed by atoms with Gasteiger partial charge in [-0.15, -0.1) is 0 Å². The lowest BCUT2D eigenvalue weighted by Gasteiger charge is -2.01. The van der Waals surface area contributed by atoms with Crippen molar-refractivity contribution < 1.29 is 14.5 Å². The summed E-state index contributed by atoms with van der Waals surface area (Å²) in [6.45, 7) is 3.05. The van der Waals surface area contributed by atoms with E-state index in [1.807, 2.05) is 0 Å². The summed E-state index contributed by atoms with van der Waals surface area (Å²) in [4.78, 5) is 32.4. The second-order valence-corrected chi connectivity index (χ2v) is 3.97. The highest BCUT2D eigenvalue weighted by atomic mass is 16.6. The summed E-state index contributed by atoms with van der Waals surface area (Å²) in [6, 6.07) is 5.15. The number of carbonyl (C=O) groups excluding carboxylic acids is 2. The number of hydrazone groups is 1. The quantitative estimate of drug-likeness (QED) is 0.496. The average molecular weight is 263 g/mol. The Labute approximate surface area is 109 Å². The van der Waals surface area contributed by atoms with E-state index in [1.165, 1.54) is 31.2 Å². The minimum absolute atomic E-state index is 0.0502. The Hall–Kier alpha value is -2.57. The first-order valence-electron chi connectivity index (χ1n) is 5.47. The molecular weight excluding hydrogens is 250 g/mol. The van der Waals surface area contributed by atoms with Gasteiger partial charge in [0.05, 0.1) is 4.92 Å². The van der Waals surface area contributed by atoms with Crippen LogP contribution in [0.5, 0.6) is 0 Å². The summed E-state index contributed by atoms with van der Waals surface area (Å²) in [5.41, 5.74) is 2.93. The van der Waals surface area contributed by atoms with Crippen LogP contribution in [0.2, 0.25) is 0 Å². The molecule has 1 N–H and O–H groups in total. The summed E-state index contributed by atoms with van der Waals surface area (Å²) >= 11 is 0. The van der Waals surface area contributed by atoms with Gasteiger partial charge in [-0.2, -0.15) is 5.10 Å². The van der Waals surface area contributed by atoms with E-state index in [0.717, 1.165) is 0 Å². The van der Waals surface area contributed by atoms with Crippen molar-refractivity contribution in [3.8, 4) is 0 Å². The molecule has 0 aliphatic heterocycles. The topological polar surface area (TPSA) is 102 Å². The van der Waals surface area contributed by atoms with Gasteiger partial charge in [-0.25, -0.2) is 5.43 Å². The maximum Gasteiger partial charge on any atom is 0.271 e. The van der Waals surface area contributed by atoms with E-state index in [0.29, 0.717) is 5.71 Å². The summed E-state index contributed by atoms with van der Waals surface area (Å²) < 4.78 is 0.